The van der Waals surface area contributed by atoms with Crippen LogP contribution in [0.3, 0.4) is 0 Å². The van der Waals surface area contributed by atoms with Gasteiger partial charge in [0.05, 0.1) is 10.5 Å². The van der Waals surface area contributed by atoms with Crippen LogP contribution in [0, 0.1) is 0 Å². The van der Waals surface area contributed by atoms with Gasteiger partial charge in [0.1, 0.15) is 5.69 Å². The van der Waals surface area contributed by atoms with Crippen molar-refractivity contribution in [1.29, 1.82) is 0 Å². The summed E-state index contributed by atoms with van der Waals surface area (Å²) < 4.78 is 0. The number of carbonyl (C=O) groups is 1. The lowest BCUT2D eigenvalue weighted by Gasteiger charge is -2.04. The Hall–Kier alpha value is -3.05. The van der Waals surface area contributed by atoms with Gasteiger partial charge in [-0.2, -0.15) is 0 Å². The average Bonchev–Trinajstić information content (AvgIpc) is 3.11. The number of nitrogens with zero attached hydrogens (tertiary/aromatic N) is 2. The van der Waals surface area contributed by atoms with Crippen molar-refractivity contribution in [1.82, 2.24) is 9.97 Å². The third-order valence-electron chi connectivity index (χ3n) is 3.84. The molecular formula is C20H15N3OS. The van der Waals surface area contributed by atoms with Gasteiger partial charge in [-0.25, -0.2) is 4.98 Å². The monoisotopic (exact) mass is 345 g/mol. The second-order valence-corrected chi connectivity index (χ2v) is 6.60. The Morgan fingerprint density at radius 3 is 2.80 bits per heavy atom. The van der Waals surface area contributed by atoms with Crippen molar-refractivity contribution < 1.29 is 4.79 Å². The molecule has 0 aliphatic heterocycles. The van der Waals surface area contributed by atoms with Crippen LogP contribution in [0.15, 0.2) is 72.2 Å². The van der Waals surface area contributed by atoms with Gasteiger partial charge in [0.2, 0.25) is 0 Å². The van der Waals surface area contributed by atoms with Crippen LogP contribution >= 0.6 is 11.3 Å². The molecule has 4 rings (SSSR count). The van der Waals surface area contributed by atoms with Crippen LogP contribution in [0.1, 0.15) is 21.1 Å². The van der Waals surface area contributed by atoms with Crippen LogP contribution in [0.2, 0.25) is 0 Å². The topological polar surface area (TPSA) is 54.9 Å². The van der Waals surface area contributed by atoms with Crippen LogP contribution in [-0.2, 0) is 6.42 Å². The van der Waals surface area contributed by atoms with E-state index in [0.717, 1.165) is 28.0 Å². The molecule has 25 heavy (non-hydrogen) atoms. The number of hydrogen-bond acceptors (Lipinski definition) is 4. The minimum Gasteiger partial charge on any atom is -0.321 e. The molecule has 0 spiro atoms. The number of carbonyl (C=O) groups excluding carboxylic acids is 1. The molecule has 122 valence electrons. The first kappa shape index (κ1) is 15.5. The minimum atomic E-state index is -0.196. The Labute approximate surface area is 149 Å². The molecular weight excluding hydrogens is 330 g/mol. The highest BCUT2D eigenvalue weighted by Crippen LogP contribution is 2.19. The van der Waals surface area contributed by atoms with E-state index in [1.54, 1.807) is 11.6 Å². The van der Waals surface area contributed by atoms with E-state index in [-0.39, 0.29) is 5.91 Å². The standard InChI is InChI=1S/C20H15N3OS/c24-20(22-16-8-9-17-15(12-16)7-4-10-21-17)18-13-25-19(23-18)11-14-5-2-1-3-6-14/h1-10,12-13H,11H2,(H,22,24). The number of amides is 1. The van der Waals surface area contributed by atoms with E-state index in [9.17, 15) is 4.79 Å². The fourth-order valence-corrected chi connectivity index (χ4v) is 3.42. The van der Waals surface area contributed by atoms with Gasteiger partial charge in [-0.3, -0.25) is 9.78 Å². The number of fused-ring (bicyclic) bond motifs is 1. The molecule has 0 aliphatic carbocycles. The molecule has 1 amide bonds. The Morgan fingerprint density at radius 2 is 1.92 bits per heavy atom. The number of anilines is 1. The first-order valence-electron chi connectivity index (χ1n) is 7.92. The average molecular weight is 345 g/mol. The number of rotatable bonds is 4. The largest absolute Gasteiger partial charge is 0.321 e. The molecule has 2 aromatic carbocycles. The quantitative estimate of drug-likeness (QED) is 0.591. The number of nitrogens with one attached hydrogen (secondary N) is 1. The van der Waals surface area contributed by atoms with Crippen molar-refractivity contribution >= 4 is 33.8 Å². The summed E-state index contributed by atoms with van der Waals surface area (Å²) in [4.78, 5) is 21.2. The van der Waals surface area contributed by atoms with Gasteiger partial charge < -0.3 is 5.32 Å². The zero-order chi connectivity index (χ0) is 17.1. The van der Waals surface area contributed by atoms with Gasteiger partial charge in [0.15, 0.2) is 0 Å². The fourth-order valence-electron chi connectivity index (χ4n) is 2.62. The van der Waals surface area contributed by atoms with Crippen LogP contribution < -0.4 is 5.32 Å². The predicted molar refractivity (Wildman–Crippen MR) is 101 cm³/mol. The van der Waals surface area contributed by atoms with Gasteiger partial charge in [-0.05, 0) is 29.8 Å². The van der Waals surface area contributed by atoms with Gasteiger partial charge in [0, 0.05) is 29.1 Å². The molecule has 0 radical (unpaired) electrons. The zero-order valence-electron chi connectivity index (χ0n) is 13.3. The highest BCUT2D eigenvalue weighted by molar-refractivity contribution is 7.09. The lowest BCUT2D eigenvalue weighted by Crippen LogP contribution is -2.12. The number of benzene rings is 2. The van der Waals surface area contributed by atoms with E-state index in [1.165, 1.54) is 16.9 Å². The smallest absolute Gasteiger partial charge is 0.275 e. The number of hydrogen-bond donors (Lipinski definition) is 1. The van der Waals surface area contributed by atoms with Gasteiger partial charge in [-0.1, -0.05) is 36.4 Å². The second kappa shape index (κ2) is 6.83. The maximum Gasteiger partial charge on any atom is 0.275 e. The highest BCUT2D eigenvalue weighted by Gasteiger charge is 2.11. The van der Waals surface area contributed by atoms with Crippen molar-refractivity contribution in [3.8, 4) is 0 Å². The highest BCUT2D eigenvalue weighted by atomic mass is 32.1. The van der Waals surface area contributed by atoms with Crippen molar-refractivity contribution in [2.75, 3.05) is 5.32 Å². The molecule has 0 atom stereocenters. The summed E-state index contributed by atoms with van der Waals surface area (Å²) in [5.74, 6) is -0.196. The minimum absolute atomic E-state index is 0.196. The molecule has 0 bridgehead atoms. The normalized spacial score (nSPS) is 10.7. The summed E-state index contributed by atoms with van der Waals surface area (Å²) in [6, 6.07) is 19.6. The molecule has 0 saturated carbocycles. The molecule has 0 unspecified atom stereocenters. The number of thiazole rings is 1. The summed E-state index contributed by atoms with van der Waals surface area (Å²) in [6.07, 6.45) is 2.49. The van der Waals surface area contributed by atoms with Gasteiger partial charge in [0.25, 0.3) is 5.91 Å². The van der Waals surface area contributed by atoms with Crippen LogP contribution in [-0.4, -0.2) is 15.9 Å². The maximum atomic E-state index is 12.4. The molecule has 0 aliphatic rings. The van der Waals surface area contributed by atoms with Crippen LogP contribution in [0.25, 0.3) is 10.9 Å². The lowest BCUT2D eigenvalue weighted by molar-refractivity contribution is 0.102. The third kappa shape index (κ3) is 3.56. The summed E-state index contributed by atoms with van der Waals surface area (Å²) in [6.45, 7) is 0. The van der Waals surface area contributed by atoms with E-state index in [1.807, 2.05) is 48.5 Å². The fraction of sp³-hybridized carbons (Fsp3) is 0.0500. The van der Waals surface area contributed by atoms with Crippen LogP contribution in [0.4, 0.5) is 5.69 Å². The van der Waals surface area contributed by atoms with E-state index < -0.39 is 0 Å². The SMILES string of the molecule is O=C(Nc1ccc2ncccc2c1)c1csc(Cc2ccccc2)n1. The number of pyridine rings is 1. The molecule has 0 fully saturated rings. The Morgan fingerprint density at radius 1 is 1.04 bits per heavy atom. The predicted octanol–water partition coefficient (Wildman–Crippen LogP) is 4.53. The summed E-state index contributed by atoms with van der Waals surface area (Å²) in [7, 11) is 0. The maximum absolute atomic E-state index is 12.4. The van der Waals surface area contributed by atoms with Gasteiger partial charge in [-0.15, -0.1) is 11.3 Å². The molecule has 0 saturated heterocycles. The molecule has 4 nitrogen and oxygen atoms in total. The Balaban J connectivity index is 1.49. The zero-order valence-corrected chi connectivity index (χ0v) is 14.2. The first-order chi connectivity index (χ1) is 12.3. The molecule has 5 heteroatoms. The molecule has 2 heterocycles. The van der Waals surface area contributed by atoms with Crippen molar-refractivity contribution in [3.05, 3.63) is 88.5 Å². The third-order valence-corrected chi connectivity index (χ3v) is 4.69. The summed E-state index contributed by atoms with van der Waals surface area (Å²) in [5.41, 5.74) is 3.27. The van der Waals surface area contributed by atoms with Gasteiger partial charge >= 0.3 is 0 Å². The van der Waals surface area contributed by atoms with Crippen LogP contribution in [0.5, 0.6) is 0 Å². The Kier molecular flexibility index (Phi) is 4.23. The first-order valence-corrected chi connectivity index (χ1v) is 8.80. The van der Waals surface area contributed by atoms with Crippen molar-refractivity contribution in [3.63, 3.8) is 0 Å². The van der Waals surface area contributed by atoms with E-state index in [2.05, 4.69) is 27.4 Å². The van der Waals surface area contributed by atoms with Crippen molar-refractivity contribution in [2.24, 2.45) is 0 Å². The van der Waals surface area contributed by atoms with E-state index >= 15 is 0 Å². The van der Waals surface area contributed by atoms with E-state index in [4.69, 9.17) is 0 Å². The van der Waals surface area contributed by atoms with E-state index in [0.29, 0.717) is 5.69 Å². The molecule has 4 aromatic rings. The van der Waals surface area contributed by atoms with Crippen molar-refractivity contribution in [2.45, 2.75) is 6.42 Å². The summed E-state index contributed by atoms with van der Waals surface area (Å²) in [5, 5.41) is 6.63. The Bertz CT molecular complexity index is 1030. The molecule has 2 aromatic heterocycles. The molecule has 1 N–H and O–H groups in total. The summed E-state index contributed by atoms with van der Waals surface area (Å²) >= 11 is 1.50. The number of aromatic nitrogens is 2. The second-order valence-electron chi connectivity index (χ2n) is 5.65. The lowest BCUT2D eigenvalue weighted by atomic mass is 10.2.